The van der Waals surface area contributed by atoms with Gasteiger partial charge in [0, 0.05) is 24.8 Å². The summed E-state index contributed by atoms with van der Waals surface area (Å²) in [5.74, 6) is 0.803. The summed E-state index contributed by atoms with van der Waals surface area (Å²) in [6.07, 6.45) is 0.614. The van der Waals surface area contributed by atoms with Gasteiger partial charge in [0.05, 0.1) is 11.3 Å². The third-order valence-corrected chi connectivity index (χ3v) is 4.89. The molecule has 124 valence electrons. The molecule has 1 aliphatic rings. The van der Waals surface area contributed by atoms with Gasteiger partial charge in [-0.3, -0.25) is 9.89 Å². The Morgan fingerprint density at radius 1 is 1.50 bits per heavy atom. The van der Waals surface area contributed by atoms with E-state index < -0.39 is 5.97 Å². The molecule has 0 bridgehead atoms. The fourth-order valence-corrected chi connectivity index (χ4v) is 3.59. The van der Waals surface area contributed by atoms with Crippen molar-refractivity contribution >= 4 is 45.1 Å². The Bertz CT molecular complexity index is 904. The highest BCUT2D eigenvalue weighted by Crippen LogP contribution is 2.31. The van der Waals surface area contributed by atoms with E-state index in [0.29, 0.717) is 37.1 Å². The summed E-state index contributed by atoms with van der Waals surface area (Å²) in [4.78, 5) is 23.2. The van der Waals surface area contributed by atoms with E-state index >= 15 is 0 Å². The van der Waals surface area contributed by atoms with Crippen LogP contribution >= 0.6 is 11.3 Å². The minimum Gasteiger partial charge on any atom is -0.481 e. The van der Waals surface area contributed by atoms with Gasteiger partial charge >= 0.3 is 5.97 Å². The molecule has 0 spiro atoms. The molecule has 0 amide bonds. The monoisotopic (exact) mass is 344 g/mol. The summed E-state index contributed by atoms with van der Waals surface area (Å²) in [7, 11) is 0. The van der Waals surface area contributed by atoms with Crippen LogP contribution in [0, 0.1) is 12.8 Å². The molecule has 1 unspecified atom stereocenters. The molecule has 1 atom stereocenters. The lowest BCUT2D eigenvalue weighted by atomic mass is 10.1. The van der Waals surface area contributed by atoms with Crippen LogP contribution in [-0.4, -0.2) is 44.3 Å². The van der Waals surface area contributed by atoms with Crippen molar-refractivity contribution in [2.75, 3.05) is 23.3 Å². The first-order chi connectivity index (χ1) is 11.6. The van der Waals surface area contributed by atoms with Crippen LogP contribution in [0.5, 0.6) is 0 Å². The van der Waals surface area contributed by atoms with E-state index in [0.717, 1.165) is 15.9 Å². The number of aromatic amines is 1. The average Bonchev–Trinajstić information content (AvgIpc) is 3.26. The van der Waals surface area contributed by atoms with E-state index in [2.05, 4.69) is 25.5 Å². The van der Waals surface area contributed by atoms with E-state index in [-0.39, 0.29) is 5.92 Å². The average molecular weight is 344 g/mol. The number of nitrogens with one attached hydrogen (secondary N) is 2. The van der Waals surface area contributed by atoms with E-state index in [1.807, 2.05) is 29.3 Å². The van der Waals surface area contributed by atoms with Gasteiger partial charge in [0.25, 0.3) is 0 Å². The van der Waals surface area contributed by atoms with Gasteiger partial charge in [-0.25, -0.2) is 4.98 Å². The summed E-state index contributed by atoms with van der Waals surface area (Å²) >= 11 is 1.53. The highest BCUT2D eigenvalue weighted by atomic mass is 32.1. The maximum Gasteiger partial charge on any atom is 0.308 e. The lowest BCUT2D eigenvalue weighted by molar-refractivity contribution is -0.140. The number of aliphatic carboxylic acids is 1. The van der Waals surface area contributed by atoms with Crippen LogP contribution < -0.4 is 10.2 Å². The highest BCUT2D eigenvalue weighted by molar-refractivity contribution is 7.16. The first-order valence-corrected chi connectivity index (χ1v) is 8.50. The number of thiophene rings is 1. The number of nitrogens with zero attached hydrogens (tertiary/aromatic N) is 4. The molecule has 1 aliphatic heterocycles. The Balaban J connectivity index is 1.68. The van der Waals surface area contributed by atoms with Gasteiger partial charge in [-0.05, 0) is 24.8 Å². The van der Waals surface area contributed by atoms with Crippen LogP contribution in [0.3, 0.4) is 0 Å². The molecule has 4 heterocycles. The molecule has 0 aromatic carbocycles. The fraction of sp³-hybridized carbons (Fsp3) is 0.333. The lowest BCUT2D eigenvalue weighted by Gasteiger charge is -2.17. The van der Waals surface area contributed by atoms with Gasteiger partial charge in [-0.15, -0.1) is 11.3 Å². The number of rotatable bonds is 4. The van der Waals surface area contributed by atoms with Crippen molar-refractivity contribution in [3.05, 3.63) is 23.2 Å². The van der Waals surface area contributed by atoms with Gasteiger partial charge in [0.15, 0.2) is 5.82 Å². The number of fused-ring (bicyclic) bond motifs is 1. The second-order valence-electron chi connectivity index (χ2n) is 5.84. The topological polar surface area (TPSA) is 107 Å². The van der Waals surface area contributed by atoms with Gasteiger partial charge in [0.2, 0.25) is 5.95 Å². The zero-order chi connectivity index (χ0) is 16.7. The van der Waals surface area contributed by atoms with Crippen molar-refractivity contribution < 1.29 is 9.90 Å². The number of aromatic nitrogens is 4. The molecule has 8 nitrogen and oxygen atoms in total. The predicted octanol–water partition coefficient (Wildman–Crippen LogP) is 2.38. The zero-order valence-corrected chi connectivity index (χ0v) is 13.8. The molecular formula is C15H16N6O2S. The van der Waals surface area contributed by atoms with Crippen molar-refractivity contribution in [2.45, 2.75) is 13.3 Å². The molecule has 4 rings (SSSR count). The van der Waals surface area contributed by atoms with Gasteiger partial charge in [-0.1, -0.05) is 0 Å². The number of hydrogen-bond donors (Lipinski definition) is 3. The third-order valence-electron chi connectivity index (χ3n) is 4.09. The van der Waals surface area contributed by atoms with Crippen molar-refractivity contribution in [3.63, 3.8) is 0 Å². The molecule has 3 N–H and O–H groups in total. The van der Waals surface area contributed by atoms with Crippen molar-refractivity contribution in [1.82, 2.24) is 20.2 Å². The molecule has 9 heteroatoms. The van der Waals surface area contributed by atoms with E-state index in [9.17, 15) is 9.90 Å². The molecule has 0 aliphatic carbocycles. The van der Waals surface area contributed by atoms with Crippen LogP contribution in [0.4, 0.5) is 17.6 Å². The number of H-pyrrole nitrogens is 1. The number of aryl methyl sites for hydroxylation is 1. The van der Waals surface area contributed by atoms with Crippen LogP contribution in [0.15, 0.2) is 17.5 Å². The molecule has 3 aromatic heterocycles. The Morgan fingerprint density at radius 2 is 2.38 bits per heavy atom. The molecular weight excluding hydrogens is 328 g/mol. The van der Waals surface area contributed by atoms with E-state index in [4.69, 9.17) is 0 Å². The number of carboxylic acid groups (broad SMARTS) is 1. The van der Waals surface area contributed by atoms with Crippen LogP contribution in [0.25, 0.3) is 10.2 Å². The normalized spacial score (nSPS) is 17.5. The van der Waals surface area contributed by atoms with Crippen molar-refractivity contribution in [2.24, 2.45) is 5.92 Å². The van der Waals surface area contributed by atoms with Crippen LogP contribution in [0.1, 0.15) is 12.1 Å². The second kappa shape index (κ2) is 5.75. The molecule has 1 fully saturated rings. The Morgan fingerprint density at radius 3 is 3.08 bits per heavy atom. The first-order valence-electron chi connectivity index (χ1n) is 7.62. The SMILES string of the molecule is Cc1cc(Nc2nc(N3CCC(C(=O)O)C3)nc3sccc23)n[nH]1. The number of carbonyl (C=O) groups is 1. The minimum atomic E-state index is -0.764. The van der Waals surface area contributed by atoms with E-state index in [1.165, 1.54) is 11.3 Å². The number of anilines is 3. The summed E-state index contributed by atoms with van der Waals surface area (Å²) in [5.41, 5.74) is 0.956. The van der Waals surface area contributed by atoms with Gasteiger partial charge in [-0.2, -0.15) is 10.1 Å². The minimum absolute atomic E-state index is 0.363. The second-order valence-corrected chi connectivity index (χ2v) is 6.74. The Hall–Kier alpha value is -2.68. The Labute approximate surface area is 141 Å². The molecule has 1 saturated heterocycles. The van der Waals surface area contributed by atoms with Gasteiger partial charge in [0.1, 0.15) is 10.6 Å². The zero-order valence-electron chi connectivity index (χ0n) is 13.0. The summed E-state index contributed by atoms with van der Waals surface area (Å²) in [6.45, 7) is 3.02. The molecule has 0 saturated carbocycles. The Kier molecular flexibility index (Phi) is 3.57. The van der Waals surface area contributed by atoms with Crippen molar-refractivity contribution in [3.8, 4) is 0 Å². The van der Waals surface area contributed by atoms with Gasteiger partial charge < -0.3 is 15.3 Å². The van der Waals surface area contributed by atoms with E-state index in [1.54, 1.807) is 0 Å². The van der Waals surface area contributed by atoms with Crippen LogP contribution in [-0.2, 0) is 4.79 Å². The first kappa shape index (κ1) is 14.9. The maximum absolute atomic E-state index is 11.2. The largest absolute Gasteiger partial charge is 0.481 e. The number of hydrogen-bond acceptors (Lipinski definition) is 7. The summed E-state index contributed by atoms with van der Waals surface area (Å²) in [5, 5.41) is 22.4. The predicted molar refractivity (Wildman–Crippen MR) is 92.0 cm³/mol. The quantitative estimate of drug-likeness (QED) is 0.667. The smallest absolute Gasteiger partial charge is 0.308 e. The standard InChI is InChI=1S/C15H16N6O2S/c1-8-6-11(20-19-8)16-12-10-3-5-24-13(10)18-15(17-12)21-4-2-9(7-21)14(22)23/h3,5-6,9H,2,4,7H2,1H3,(H,22,23)(H2,16,17,18,19,20). The summed E-state index contributed by atoms with van der Waals surface area (Å²) < 4.78 is 0. The molecule has 3 aromatic rings. The fourth-order valence-electron chi connectivity index (χ4n) is 2.83. The number of carboxylic acids is 1. The molecule has 24 heavy (non-hydrogen) atoms. The third kappa shape index (κ3) is 2.67. The highest BCUT2D eigenvalue weighted by Gasteiger charge is 2.30. The summed E-state index contributed by atoms with van der Waals surface area (Å²) in [6, 6.07) is 3.87. The van der Waals surface area contributed by atoms with Crippen molar-refractivity contribution in [1.29, 1.82) is 0 Å². The lowest BCUT2D eigenvalue weighted by Crippen LogP contribution is -2.24. The molecule has 0 radical (unpaired) electrons. The van der Waals surface area contributed by atoms with Crippen LogP contribution in [0.2, 0.25) is 0 Å². The maximum atomic E-state index is 11.2.